The molecule has 1 atom stereocenters. The van der Waals surface area contributed by atoms with Gasteiger partial charge in [-0.3, -0.25) is 0 Å². The first-order valence-corrected chi connectivity index (χ1v) is 9.74. The number of hydrogen-bond donors (Lipinski definition) is 1. The first kappa shape index (κ1) is 20.5. The number of ether oxygens (including phenoxy) is 1. The summed E-state index contributed by atoms with van der Waals surface area (Å²) in [7, 11) is 0. The van der Waals surface area contributed by atoms with E-state index < -0.39 is 0 Å². The average molecular weight is 420 g/mol. The number of carbonyl (C=O) groups excluding carboxylic acids is 1. The lowest BCUT2D eigenvalue weighted by Crippen LogP contribution is -2.35. The number of aliphatic hydroxyl groups is 1. The van der Waals surface area contributed by atoms with E-state index in [1.54, 1.807) is 4.90 Å². The van der Waals surface area contributed by atoms with Crippen molar-refractivity contribution in [1.82, 2.24) is 4.90 Å². The third-order valence-electron chi connectivity index (χ3n) is 4.29. The predicted molar refractivity (Wildman–Crippen MR) is 107 cm³/mol. The van der Waals surface area contributed by atoms with E-state index in [0.717, 1.165) is 22.9 Å². The van der Waals surface area contributed by atoms with E-state index in [4.69, 9.17) is 9.84 Å². The van der Waals surface area contributed by atoms with Crippen molar-refractivity contribution >= 4 is 22.0 Å². The highest BCUT2D eigenvalue weighted by molar-refractivity contribution is 9.10. The molecule has 1 N–H and O–H groups in total. The van der Waals surface area contributed by atoms with Crippen LogP contribution >= 0.6 is 15.9 Å². The molecule has 0 heterocycles. The molecular weight excluding hydrogens is 394 g/mol. The molecule has 26 heavy (non-hydrogen) atoms. The SMILES string of the molecule is C[C@@H](c1ccc(Br)cc1)N(CCCc1ccccc1)C(=O)OCCCO. The van der Waals surface area contributed by atoms with Crippen molar-refractivity contribution in [2.24, 2.45) is 0 Å². The average Bonchev–Trinajstić information content (AvgIpc) is 2.66. The smallest absolute Gasteiger partial charge is 0.410 e. The number of halogens is 1. The van der Waals surface area contributed by atoms with E-state index in [9.17, 15) is 4.79 Å². The Labute approximate surface area is 163 Å². The van der Waals surface area contributed by atoms with Crippen LogP contribution in [-0.2, 0) is 11.2 Å². The molecule has 0 aliphatic heterocycles. The summed E-state index contributed by atoms with van der Waals surface area (Å²) in [5.41, 5.74) is 2.32. The molecule has 5 heteroatoms. The minimum atomic E-state index is -0.332. The van der Waals surface area contributed by atoms with Crippen LogP contribution in [0.15, 0.2) is 59.1 Å². The quantitative estimate of drug-likeness (QED) is 0.584. The third kappa shape index (κ3) is 6.46. The Balaban J connectivity index is 2.02. The van der Waals surface area contributed by atoms with Crippen LogP contribution in [0.3, 0.4) is 0 Å². The molecule has 0 spiro atoms. The van der Waals surface area contributed by atoms with Crippen LogP contribution in [0.5, 0.6) is 0 Å². The molecule has 4 nitrogen and oxygen atoms in total. The van der Waals surface area contributed by atoms with E-state index in [1.807, 2.05) is 49.4 Å². The first-order chi connectivity index (χ1) is 12.6. The van der Waals surface area contributed by atoms with Crippen LogP contribution in [0.4, 0.5) is 4.79 Å². The van der Waals surface area contributed by atoms with Gasteiger partial charge in [0, 0.05) is 24.0 Å². The van der Waals surface area contributed by atoms with Gasteiger partial charge in [0.05, 0.1) is 12.6 Å². The molecular formula is C21H26BrNO3. The van der Waals surface area contributed by atoms with Crippen LogP contribution in [-0.4, -0.2) is 35.9 Å². The fourth-order valence-corrected chi connectivity index (χ4v) is 3.03. The number of nitrogens with zero attached hydrogens (tertiary/aromatic N) is 1. The molecule has 2 aromatic carbocycles. The molecule has 0 fully saturated rings. The monoisotopic (exact) mass is 419 g/mol. The number of aryl methyl sites for hydroxylation is 1. The molecule has 0 aromatic heterocycles. The van der Waals surface area contributed by atoms with Gasteiger partial charge in [-0.15, -0.1) is 0 Å². The topological polar surface area (TPSA) is 49.8 Å². The number of aliphatic hydroxyl groups excluding tert-OH is 1. The number of rotatable bonds is 9. The standard InChI is InChI=1S/C21H26BrNO3/c1-17(19-10-12-20(22)13-11-19)23(21(25)26-16-6-15-24)14-5-9-18-7-3-2-4-8-18/h2-4,7-8,10-13,17,24H,5-6,9,14-16H2,1H3/t17-/m0/s1. The Morgan fingerprint density at radius 3 is 2.46 bits per heavy atom. The second-order valence-electron chi connectivity index (χ2n) is 6.20. The van der Waals surface area contributed by atoms with Gasteiger partial charge in [0.1, 0.15) is 0 Å². The summed E-state index contributed by atoms with van der Waals surface area (Å²) in [4.78, 5) is 14.3. The molecule has 0 saturated heterocycles. The van der Waals surface area contributed by atoms with Gasteiger partial charge in [0.25, 0.3) is 0 Å². The maximum Gasteiger partial charge on any atom is 0.410 e. The molecule has 1 amide bonds. The number of benzene rings is 2. The third-order valence-corrected chi connectivity index (χ3v) is 4.82. The zero-order valence-electron chi connectivity index (χ0n) is 15.1. The lowest BCUT2D eigenvalue weighted by atomic mass is 10.1. The molecule has 2 aromatic rings. The highest BCUT2D eigenvalue weighted by Gasteiger charge is 2.22. The first-order valence-electron chi connectivity index (χ1n) is 8.95. The zero-order chi connectivity index (χ0) is 18.8. The summed E-state index contributed by atoms with van der Waals surface area (Å²) in [5.74, 6) is 0. The van der Waals surface area contributed by atoms with E-state index >= 15 is 0 Å². The van der Waals surface area contributed by atoms with E-state index in [2.05, 4.69) is 28.1 Å². The predicted octanol–water partition coefficient (Wildman–Crippen LogP) is 4.96. The van der Waals surface area contributed by atoms with Gasteiger partial charge in [-0.05, 0) is 43.0 Å². The van der Waals surface area contributed by atoms with Gasteiger partial charge in [-0.1, -0.05) is 58.4 Å². The fourth-order valence-electron chi connectivity index (χ4n) is 2.77. The Bertz CT molecular complexity index is 661. The van der Waals surface area contributed by atoms with E-state index in [1.165, 1.54) is 5.56 Å². The summed E-state index contributed by atoms with van der Waals surface area (Å²) in [6.07, 6.45) is 1.90. The van der Waals surface area contributed by atoms with Gasteiger partial charge in [-0.2, -0.15) is 0 Å². The summed E-state index contributed by atoms with van der Waals surface area (Å²) in [6, 6.07) is 18.2. The molecule has 0 bridgehead atoms. The number of hydrogen-bond acceptors (Lipinski definition) is 3. The highest BCUT2D eigenvalue weighted by Crippen LogP contribution is 2.23. The van der Waals surface area contributed by atoms with Crippen LogP contribution in [0, 0.1) is 0 Å². The van der Waals surface area contributed by atoms with Crippen molar-refractivity contribution in [3.63, 3.8) is 0 Å². The molecule has 0 radical (unpaired) electrons. The number of amides is 1. The van der Waals surface area contributed by atoms with Crippen LogP contribution < -0.4 is 0 Å². The van der Waals surface area contributed by atoms with Crippen LogP contribution in [0.2, 0.25) is 0 Å². The normalized spacial score (nSPS) is 11.8. The Morgan fingerprint density at radius 2 is 1.81 bits per heavy atom. The van der Waals surface area contributed by atoms with Gasteiger partial charge in [0.15, 0.2) is 0 Å². The minimum absolute atomic E-state index is 0.0174. The van der Waals surface area contributed by atoms with Crippen molar-refractivity contribution in [3.05, 3.63) is 70.2 Å². The molecule has 0 aliphatic rings. The van der Waals surface area contributed by atoms with Gasteiger partial charge >= 0.3 is 6.09 Å². The summed E-state index contributed by atoms with van der Waals surface area (Å²) < 4.78 is 6.34. The Kier molecular flexibility index (Phi) is 8.65. The summed E-state index contributed by atoms with van der Waals surface area (Å²) in [5, 5.41) is 8.89. The van der Waals surface area contributed by atoms with Crippen molar-refractivity contribution in [2.45, 2.75) is 32.2 Å². The molecule has 0 aliphatic carbocycles. The van der Waals surface area contributed by atoms with E-state index in [-0.39, 0.29) is 25.3 Å². The summed E-state index contributed by atoms with van der Waals surface area (Å²) in [6.45, 7) is 2.88. The lowest BCUT2D eigenvalue weighted by molar-refractivity contribution is 0.0826. The van der Waals surface area contributed by atoms with Gasteiger partial charge in [-0.25, -0.2) is 4.79 Å². The molecule has 2 rings (SSSR count). The van der Waals surface area contributed by atoms with Crippen molar-refractivity contribution in [2.75, 3.05) is 19.8 Å². The maximum atomic E-state index is 12.6. The number of carbonyl (C=O) groups is 1. The van der Waals surface area contributed by atoms with E-state index in [0.29, 0.717) is 13.0 Å². The van der Waals surface area contributed by atoms with Crippen molar-refractivity contribution < 1.29 is 14.6 Å². The fraction of sp³-hybridized carbons (Fsp3) is 0.381. The highest BCUT2D eigenvalue weighted by atomic mass is 79.9. The largest absolute Gasteiger partial charge is 0.449 e. The zero-order valence-corrected chi connectivity index (χ0v) is 16.7. The Morgan fingerprint density at radius 1 is 1.12 bits per heavy atom. The minimum Gasteiger partial charge on any atom is -0.449 e. The summed E-state index contributed by atoms with van der Waals surface area (Å²) >= 11 is 3.44. The molecule has 140 valence electrons. The van der Waals surface area contributed by atoms with Crippen LogP contribution in [0.25, 0.3) is 0 Å². The second kappa shape index (κ2) is 11.0. The lowest BCUT2D eigenvalue weighted by Gasteiger charge is -2.29. The van der Waals surface area contributed by atoms with Gasteiger partial charge < -0.3 is 14.7 Å². The molecule has 0 unspecified atom stereocenters. The maximum absolute atomic E-state index is 12.6. The Hall–Kier alpha value is -1.85. The van der Waals surface area contributed by atoms with Crippen molar-refractivity contribution in [1.29, 1.82) is 0 Å². The second-order valence-corrected chi connectivity index (χ2v) is 7.12. The van der Waals surface area contributed by atoms with Crippen molar-refractivity contribution in [3.8, 4) is 0 Å². The van der Waals surface area contributed by atoms with Gasteiger partial charge in [0.2, 0.25) is 0 Å². The van der Waals surface area contributed by atoms with Crippen LogP contribution in [0.1, 0.15) is 36.9 Å². The molecule has 0 saturated carbocycles.